The first-order chi connectivity index (χ1) is 11.2. The smallest absolute Gasteiger partial charge is 0.303 e. The van der Waals surface area contributed by atoms with Crippen LogP contribution in [0.1, 0.15) is 30.2 Å². The monoisotopic (exact) mass is 325 g/mol. The van der Waals surface area contributed by atoms with Crippen LogP contribution in [0.15, 0.2) is 36.4 Å². The van der Waals surface area contributed by atoms with E-state index in [2.05, 4.69) is 41.3 Å². The molecule has 0 N–H and O–H groups in total. The van der Waals surface area contributed by atoms with E-state index >= 15 is 0 Å². The summed E-state index contributed by atoms with van der Waals surface area (Å²) in [4.78, 5) is 15.4. The molecule has 5 rings (SSSR count). The van der Waals surface area contributed by atoms with Gasteiger partial charge in [0.2, 0.25) is 0 Å². The van der Waals surface area contributed by atoms with Crippen LogP contribution in [0.4, 0.5) is 0 Å². The van der Waals surface area contributed by atoms with E-state index in [1.165, 1.54) is 29.0 Å². The quantitative estimate of drug-likeness (QED) is 0.592. The van der Waals surface area contributed by atoms with Gasteiger partial charge in [-0.15, -0.1) is 11.3 Å². The third-order valence-corrected chi connectivity index (χ3v) is 7.12. The van der Waals surface area contributed by atoms with Gasteiger partial charge < -0.3 is 4.74 Å². The lowest BCUT2D eigenvalue weighted by Crippen LogP contribution is -2.49. The summed E-state index contributed by atoms with van der Waals surface area (Å²) in [6.07, 6.45) is 6.51. The Morgan fingerprint density at radius 3 is 3.13 bits per heavy atom. The van der Waals surface area contributed by atoms with Crippen LogP contribution >= 0.6 is 11.3 Å². The zero-order chi connectivity index (χ0) is 15.6. The van der Waals surface area contributed by atoms with Crippen LogP contribution in [-0.2, 0) is 21.5 Å². The molecule has 1 aromatic heterocycles. The molecule has 2 aromatic rings. The summed E-state index contributed by atoms with van der Waals surface area (Å²) >= 11 is 1.96. The van der Waals surface area contributed by atoms with Gasteiger partial charge in [0.05, 0.1) is 0 Å². The maximum absolute atomic E-state index is 11.3. The largest absolute Gasteiger partial charge is 0.458 e. The van der Waals surface area contributed by atoms with E-state index < -0.39 is 0 Å². The number of rotatable bonds is 1. The van der Waals surface area contributed by atoms with E-state index in [9.17, 15) is 4.79 Å². The van der Waals surface area contributed by atoms with Crippen molar-refractivity contribution in [2.24, 2.45) is 0 Å². The zero-order valence-corrected chi connectivity index (χ0v) is 13.9. The number of benzene rings is 1. The fourth-order valence-electron chi connectivity index (χ4n) is 4.77. The SMILES string of the molecule is CC(=O)O[C@H]1C=C[C@]23CCN(Cc4c2sc2ccccc42)[C@H]3C1. The van der Waals surface area contributed by atoms with Crippen LogP contribution in [0.25, 0.3) is 10.1 Å². The van der Waals surface area contributed by atoms with Gasteiger partial charge in [-0.3, -0.25) is 9.69 Å². The Bertz CT molecular complexity index is 839. The molecule has 3 heterocycles. The van der Waals surface area contributed by atoms with Gasteiger partial charge in [0.1, 0.15) is 6.10 Å². The number of hydrogen-bond acceptors (Lipinski definition) is 4. The molecule has 4 atom stereocenters. The Kier molecular flexibility index (Phi) is 2.80. The van der Waals surface area contributed by atoms with Crippen molar-refractivity contribution < 1.29 is 9.53 Å². The number of esters is 1. The van der Waals surface area contributed by atoms with Crippen LogP contribution in [0, 0.1) is 0 Å². The van der Waals surface area contributed by atoms with E-state index in [-0.39, 0.29) is 17.5 Å². The van der Waals surface area contributed by atoms with Crippen molar-refractivity contribution in [3.05, 3.63) is 46.9 Å². The maximum atomic E-state index is 11.3. The van der Waals surface area contributed by atoms with Crippen LogP contribution in [0.2, 0.25) is 0 Å². The minimum atomic E-state index is -0.184. The minimum Gasteiger partial charge on any atom is -0.458 e. The fourth-order valence-corrected chi connectivity index (χ4v) is 6.24. The van der Waals surface area contributed by atoms with E-state index in [4.69, 9.17) is 4.74 Å². The third kappa shape index (κ3) is 1.82. The lowest BCUT2D eigenvalue weighted by atomic mass is 9.70. The molecule has 3 aliphatic rings. The summed E-state index contributed by atoms with van der Waals surface area (Å²) in [6.45, 7) is 3.67. The molecule has 118 valence electrons. The molecule has 0 radical (unpaired) electrons. The summed E-state index contributed by atoms with van der Waals surface area (Å²) in [5, 5.41) is 1.42. The topological polar surface area (TPSA) is 29.5 Å². The highest BCUT2D eigenvalue weighted by molar-refractivity contribution is 7.19. The van der Waals surface area contributed by atoms with Crippen molar-refractivity contribution in [2.75, 3.05) is 6.54 Å². The predicted molar refractivity (Wildman–Crippen MR) is 91.6 cm³/mol. The Hall–Kier alpha value is -1.65. The average molecular weight is 325 g/mol. The van der Waals surface area contributed by atoms with Gasteiger partial charge in [-0.25, -0.2) is 0 Å². The zero-order valence-electron chi connectivity index (χ0n) is 13.1. The molecule has 1 unspecified atom stereocenters. The van der Waals surface area contributed by atoms with Gasteiger partial charge in [-0.2, -0.15) is 0 Å². The first kappa shape index (κ1) is 13.8. The molecule has 1 fully saturated rings. The standard InChI is InChI=1S/C19H19NO2S/c1-12(21)22-13-6-7-19-8-9-20(17(19)10-13)11-15-14-4-2-3-5-16(14)23-18(15)19/h2-7,13,17H,8-11H2,1H3/t13-,17-,19+/m0/s1. The summed E-state index contributed by atoms with van der Waals surface area (Å²) in [7, 11) is 0. The molecule has 23 heavy (non-hydrogen) atoms. The molecule has 2 aliphatic heterocycles. The van der Waals surface area contributed by atoms with E-state index in [1.54, 1.807) is 4.88 Å². The lowest BCUT2D eigenvalue weighted by Gasteiger charge is -2.44. The molecule has 0 amide bonds. The Labute approximate surface area is 139 Å². The first-order valence-electron chi connectivity index (χ1n) is 8.29. The Morgan fingerprint density at radius 2 is 2.26 bits per heavy atom. The fraction of sp³-hybridized carbons (Fsp3) is 0.421. The number of fused-ring (bicyclic) bond motifs is 3. The van der Waals surface area contributed by atoms with Gasteiger partial charge >= 0.3 is 5.97 Å². The van der Waals surface area contributed by atoms with Gasteiger partial charge in [0, 0.05) is 47.5 Å². The summed E-state index contributed by atoms with van der Waals surface area (Å²) in [5.74, 6) is -0.184. The Morgan fingerprint density at radius 1 is 1.39 bits per heavy atom. The molecule has 0 saturated carbocycles. The van der Waals surface area contributed by atoms with Crippen LogP contribution < -0.4 is 0 Å². The lowest BCUT2D eigenvalue weighted by molar-refractivity contribution is -0.145. The summed E-state index contributed by atoms with van der Waals surface area (Å²) in [5.41, 5.74) is 1.66. The molecule has 4 heteroatoms. The van der Waals surface area contributed by atoms with Crippen LogP contribution in [-0.4, -0.2) is 29.6 Å². The Balaban J connectivity index is 1.65. The second-order valence-corrected chi connectivity index (χ2v) is 7.98. The molecule has 3 nitrogen and oxygen atoms in total. The van der Waals surface area contributed by atoms with Gasteiger partial charge in [0.15, 0.2) is 0 Å². The minimum absolute atomic E-state index is 0.0675. The second-order valence-electron chi connectivity index (χ2n) is 6.93. The van der Waals surface area contributed by atoms with E-state index in [1.807, 2.05) is 11.3 Å². The molecule has 2 bridgehead atoms. The highest BCUT2D eigenvalue weighted by Gasteiger charge is 2.54. The van der Waals surface area contributed by atoms with Crippen molar-refractivity contribution in [1.82, 2.24) is 4.90 Å². The number of ether oxygens (including phenoxy) is 1. The van der Waals surface area contributed by atoms with Gasteiger partial charge in [-0.05, 0) is 29.5 Å². The second kappa shape index (κ2) is 4.68. The van der Waals surface area contributed by atoms with Crippen molar-refractivity contribution in [3.8, 4) is 0 Å². The van der Waals surface area contributed by atoms with Crippen LogP contribution in [0.5, 0.6) is 0 Å². The normalized spacial score (nSPS) is 34.2. The summed E-state index contributed by atoms with van der Waals surface area (Å²) < 4.78 is 6.86. The highest BCUT2D eigenvalue weighted by Crippen LogP contribution is 2.55. The molecule has 1 saturated heterocycles. The van der Waals surface area contributed by atoms with Crippen molar-refractivity contribution in [1.29, 1.82) is 0 Å². The number of nitrogens with zero attached hydrogens (tertiary/aromatic N) is 1. The predicted octanol–water partition coefficient (Wildman–Crippen LogP) is 3.62. The molecule has 0 spiro atoms. The number of hydrogen-bond donors (Lipinski definition) is 0. The first-order valence-corrected chi connectivity index (χ1v) is 9.10. The van der Waals surface area contributed by atoms with Gasteiger partial charge in [0.25, 0.3) is 0 Å². The highest BCUT2D eigenvalue weighted by atomic mass is 32.1. The molecular formula is C19H19NO2S. The van der Waals surface area contributed by atoms with E-state index in [0.717, 1.165) is 19.5 Å². The van der Waals surface area contributed by atoms with Crippen LogP contribution in [0.3, 0.4) is 0 Å². The van der Waals surface area contributed by atoms with Crippen molar-refractivity contribution in [2.45, 2.75) is 43.9 Å². The molecule has 1 aliphatic carbocycles. The number of carbonyl (C=O) groups is 1. The van der Waals surface area contributed by atoms with Crippen molar-refractivity contribution >= 4 is 27.4 Å². The summed E-state index contributed by atoms with van der Waals surface area (Å²) in [6, 6.07) is 9.24. The molecule has 1 aromatic carbocycles. The number of carbonyl (C=O) groups excluding carboxylic acids is 1. The molecular weight excluding hydrogens is 306 g/mol. The number of thiophene rings is 1. The third-order valence-electron chi connectivity index (χ3n) is 5.71. The van der Waals surface area contributed by atoms with E-state index in [0.29, 0.717) is 6.04 Å². The average Bonchev–Trinajstić information content (AvgIpc) is 3.04. The maximum Gasteiger partial charge on any atom is 0.303 e. The van der Waals surface area contributed by atoms with Crippen molar-refractivity contribution in [3.63, 3.8) is 0 Å². The van der Waals surface area contributed by atoms with Gasteiger partial charge in [-0.1, -0.05) is 24.3 Å².